The van der Waals surface area contributed by atoms with E-state index in [4.69, 9.17) is 26.8 Å². The number of anilines is 2. The third-order valence-corrected chi connectivity index (χ3v) is 15.8. The number of nitrogens with two attached hydrogens (primary N) is 1. The molecule has 3 unspecified atom stereocenters. The van der Waals surface area contributed by atoms with Crippen molar-refractivity contribution >= 4 is 79.8 Å². The summed E-state index contributed by atoms with van der Waals surface area (Å²) >= 11 is 7.62. The minimum Gasteiger partial charge on any atom is -0.467 e. The molecule has 15 nitrogen and oxygen atoms in total. The molecule has 438 valence electrons. The Morgan fingerprint density at radius 3 is 2.30 bits per heavy atom. The summed E-state index contributed by atoms with van der Waals surface area (Å²) in [4.78, 5) is 49.3. The van der Waals surface area contributed by atoms with Crippen LogP contribution in [0.2, 0.25) is 11.3 Å². The molecule has 4 aliphatic rings. The molecule has 5 N–H and O–H groups in total. The van der Waals surface area contributed by atoms with Crippen LogP contribution in [0.1, 0.15) is 96.7 Å². The van der Waals surface area contributed by atoms with Crippen LogP contribution in [0.4, 0.5) is 32.8 Å². The molecule has 4 aliphatic heterocycles. The Kier molecular flexibility index (Phi) is 22.7. The smallest absolute Gasteiger partial charge is 0.318 e. The number of halogens is 6. The summed E-state index contributed by atoms with van der Waals surface area (Å²) in [5, 5.41) is 19.4. The van der Waals surface area contributed by atoms with Gasteiger partial charge in [-0.05, 0) is 100 Å². The number of methoxy groups -OCH3 is 1. The van der Waals surface area contributed by atoms with Crippen molar-refractivity contribution in [1.82, 2.24) is 35.6 Å². The van der Waals surface area contributed by atoms with Gasteiger partial charge in [0.15, 0.2) is 5.82 Å². The zero-order chi connectivity index (χ0) is 59.2. The van der Waals surface area contributed by atoms with Crippen LogP contribution in [0.15, 0.2) is 54.6 Å². The summed E-state index contributed by atoms with van der Waals surface area (Å²) in [6.07, 6.45) is 9.56. The van der Waals surface area contributed by atoms with Crippen molar-refractivity contribution in [2.45, 2.75) is 104 Å². The van der Waals surface area contributed by atoms with Gasteiger partial charge in [-0.25, -0.2) is 22.0 Å². The van der Waals surface area contributed by atoms with Gasteiger partial charge in [0.1, 0.15) is 45.7 Å². The van der Waals surface area contributed by atoms with Gasteiger partial charge in [0, 0.05) is 79.7 Å². The average molecular weight is 1170 g/mol. The van der Waals surface area contributed by atoms with Crippen molar-refractivity contribution in [3.8, 4) is 34.3 Å². The third-order valence-electron chi connectivity index (χ3n) is 14.5. The molecule has 4 saturated heterocycles. The molecule has 4 fully saturated rings. The second-order valence-corrected chi connectivity index (χ2v) is 23.0. The van der Waals surface area contributed by atoms with Gasteiger partial charge in [-0.2, -0.15) is 15.2 Å². The maximum atomic E-state index is 16.3. The molecule has 0 aliphatic carbocycles. The number of ether oxygens (including phenoxy) is 2. The van der Waals surface area contributed by atoms with Crippen LogP contribution in [0.3, 0.4) is 0 Å². The SMILES string of the molecule is CC(C)C.CC(NC=O)c1ccc(-c2c(F)cc(F)cc2F)cc1.CC1CCCN1C(=O)CNC(=O)CCOCCCN1CCCC1.COc1nc(N2CB3CCC(C2)N3)c2cc(Cl)c(-c3ccc(F)c4sc(N)c(C#N)c34)c(F)c2n1. The number of amides is 3. The Hall–Kier alpha value is -6.64. The van der Waals surface area contributed by atoms with E-state index in [9.17, 15) is 37.2 Å². The highest BCUT2D eigenvalue weighted by atomic mass is 35.5. The number of nitrogen functional groups attached to an aromatic ring is 1. The fourth-order valence-corrected chi connectivity index (χ4v) is 11.7. The number of rotatable bonds is 16. The van der Waals surface area contributed by atoms with Gasteiger partial charge >= 0.3 is 6.01 Å². The van der Waals surface area contributed by atoms with Crippen molar-refractivity contribution in [2.75, 3.05) is 76.7 Å². The van der Waals surface area contributed by atoms with Gasteiger partial charge in [0.05, 0.1) is 47.2 Å². The molecule has 3 amide bonds. The summed E-state index contributed by atoms with van der Waals surface area (Å²) in [5.41, 5.74) is 7.22. The highest BCUT2D eigenvalue weighted by Gasteiger charge is 2.37. The van der Waals surface area contributed by atoms with E-state index in [0.29, 0.717) is 73.9 Å². The van der Waals surface area contributed by atoms with Crippen molar-refractivity contribution in [3.05, 3.63) is 99.8 Å². The Morgan fingerprint density at radius 2 is 1.67 bits per heavy atom. The minimum atomic E-state index is -0.954. The molecule has 2 aromatic heterocycles. The predicted molar refractivity (Wildman–Crippen MR) is 314 cm³/mol. The Balaban J connectivity index is 0.000000180. The molecule has 6 heterocycles. The topological polar surface area (TPSA) is 191 Å². The number of aromatic nitrogens is 2. The van der Waals surface area contributed by atoms with Gasteiger partial charge in [0.2, 0.25) is 25.1 Å². The van der Waals surface area contributed by atoms with E-state index in [2.05, 4.69) is 63.3 Å². The number of carbonyl (C=O) groups excluding carboxylic acids is 3. The van der Waals surface area contributed by atoms with Gasteiger partial charge in [-0.15, -0.1) is 11.3 Å². The first-order valence-corrected chi connectivity index (χ1v) is 29.0. The Morgan fingerprint density at radius 1 is 0.963 bits per heavy atom. The van der Waals surface area contributed by atoms with Crippen LogP contribution in [0.25, 0.3) is 43.2 Å². The number of nitrogens with zero attached hydrogens (tertiary/aromatic N) is 6. The summed E-state index contributed by atoms with van der Waals surface area (Å²) in [5.74, 6) is -2.79. The number of nitriles is 1. The summed E-state index contributed by atoms with van der Waals surface area (Å²) in [7, 11) is 1.43. The number of hydrogen-bond acceptors (Lipinski definition) is 13. The van der Waals surface area contributed by atoms with E-state index < -0.39 is 29.1 Å². The van der Waals surface area contributed by atoms with E-state index in [1.165, 1.54) is 57.3 Å². The number of nitrogens with one attached hydrogen (secondary N) is 3. The second-order valence-electron chi connectivity index (χ2n) is 21.5. The fraction of sp³-hybridized carbons (Fsp3) is 0.458. The first kappa shape index (κ1) is 63.0. The van der Waals surface area contributed by atoms with Gasteiger partial charge in [-0.1, -0.05) is 69.0 Å². The third kappa shape index (κ3) is 15.9. The maximum absolute atomic E-state index is 16.3. The van der Waals surface area contributed by atoms with Gasteiger partial charge in [0.25, 0.3) is 0 Å². The summed E-state index contributed by atoms with van der Waals surface area (Å²) in [6.45, 7) is 17.0. The number of fused-ring (bicyclic) bond motifs is 4. The molecule has 4 aromatic carbocycles. The normalized spacial score (nSPS) is 16.9. The summed E-state index contributed by atoms with van der Waals surface area (Å²) in [6, 6.07) is 14.4. The van der Waals surface area contributed by atoms with E-state index in [1.54, 1.807) is 25.1 Å². The number of hydrogen-bond donors (Lipinski definition) is 4. The maximum Gasteiger partial charge on any atom is 0.318 e. The molecule has 0 saturated carbocycles. The van der Waals surface area contributed by atoms with E-state index in [1.807, 2.05) is 11.0 Å². The molecule has 82 heavy (non-hydrogen) atoms. The molecule has 23 heteroatoms. The molecule has 3 atom stereocenters. The van der Waals surface area contributed by atoms with Crippen molar-refractivity contribution in [1.29, 1.82) is 5.26 Å². The monoisotopic (exact) mass is 1170 g/mol. The second kappa shape index (κ2) is 29.6. The lowest BCUT2D eigenvalue weighted by molar-refractivity contribution is -0.133. The number of thiophene rings is 1. The molecule has 0 radical (unpaired) electrons. The lowest BCUT2D eigenvalue weighted by Gasteiger charge is -2.33. The van der Waals surface area contributed by atoms with Crippen LogP contribution in [-0.4, -0.2) is 123 Å². The Bertz CT molecular complexity index is 3200. The van der Waals surface area contributed by atoms with E-state index in [-0.39, 0.29) is 78.3 Å². The Labute approximate surface area is 485 Å². The van der Waals surface area contributed by atoms with Crippen LogP contribution < -0.4 is 31.2 Å². The quantitative estimate of drug-likeness (QED) is 0.0311. The highest BCUT2D eigenvalue weighted by molar-refractivity contribution is 7.23. The van der Waals surface area contributed by atoms with Crippen molar-refractivity contribution in [3.63, 3.8) is 0 Å². The minimum absolute atomic E-state index is 0.0190. The van der Waals surface area contributed by atoms with Crippen LogP contribution in [-0.2, 0) is 19.1 Å². The average Bonchev–Trinajstić information content (AvgIpc) is 4.39. The number of benzene rings is 4. The van der Waals surface area contributed by atoms with Crippen LogP contribution in [0.5, 0.6) is 6.01 Å². The highest BCUT2D eigenvalue weighted by Crippen LogP contribution is 2.46. The van der Waals surface area contributed by atoms with Gasteiger partial charge < -0.3 is 45.8 Å². The predicted octanol–water partition coefficient (Wildman–Crippen LogP) is 10.9. The zero-order valence-corrected chi connectivity index (χ0v) is 48.7. The first-order chi connectivity index (χ1) is 39.3. The first-order valence-electron chi connectivity index (χ1n) is 27.8. The number of likely N-dealkylation sites (tertiary alicyclic amines) is 2. The zero-order valence-electron chi connectivity index (χ0n) is 47.2. The molecular formula is C59H71BClF5N10O5S. The van der Waals surface area contributed by atoms with E-state index >= 15 is 4.39 Å². The standard InChI is InChI=1S/C23H18BClF2N6OS.C17H31N3O3.C15H12F3NO.C4H10/c1-34-23-30-19-12(22(31-23)33-8-10-4-5-24(9-33)32-10)6-14(25)17(18(19)27)11-2-3-15(26)20-16(11)13(7-28)21(29)35-20;1-15-6-4-11-20(15)17(22)14-18-16(21)7-13-23-12-5-10-19-8-2-3-9-19;1-9(19-8-20)10-2-4-11(5-3-10)15-13(17)6-12(16)7-14(15)18;1-4(2)3/h2-3,6,10,32H,4-5,8-9,29H2,1H3;15H,2-14H2,1H3,(H,18,21);2-9H,1H3,(H,19,20);4H,1-3H3. The molecule has 0 spiro atoms. The lowest BCUT2D eigenvalue weighted by atomic mass is 9.61. The van der Waals surface area contributed by atoms with Gasteiger partial charge in [-0.3, -0.25) is 14.4 Å². The lowest BCUT2D eigenvalue weighted by Crippen LogP contribution is -2.54. The fourth-order valence-electron chi connectivity index (χ4n) is 10.5. The molecule has 2 bridgehead atoms. The molecular weight excluding hydrogens is 1100 g/mol. The largest absolute Gasteiger partial charge is 0.467 e. The molecule has 6 aromatic rings. The molecule has 10 rings (SSSR count). The summed E-state index contributed by atoms with van der Waals surface area (Å²) < 4.78 is 81.9. The van der Waals surface area contributed by atoms with Crippen LogP contribution >= 0.6 is 22.9 Å². The van der Waals surface area contributed by atoms with Crippen molar-refractivity contribution < 1.29 is 45.8 Å². The van der Waals surface area contributed by atoms with Crippen LogP contribution in [0, 0.1) is 46.3 Å². The van der Waals surface area contributed by atoms with Crippen molar-refractivity contribution in [2.24, 2.45) is 5.92 Å². The van der Waals surface area contributed by atoms with E-state index in [0.717, 1.165) is 80.9 Å². The number of carbonyl (C=O) groups is 3.